The summed E-state index contributed by atoms with van der Waals surface area (Å²) < 4.78 is 0. The van der Waals surface area contributed by atoms with Gasteiger partial charge >= 0.3 is 0 Å². The Balaban J connectivity index is 2.66. The Morgan fingerprint density at radius 3 is 2.91 bits per heavy atom. The molecule has 1 aliphatic heterocycles. The molecule has 0 aromatic heterocycles. The second-order valence-electron chi connectivity index (χ2n) is 2.55. The zero-order valence-corrected chi connectivity index (χ0v) is 6.33. The molecule has 1 rings (SSSR count). The average Bonchev–Trinajstić information content (AvgIpc) is 1.94. The van der Waals surface area contributed by atoms with E-state index in [1.54, 1.807) is 7.05 Å². The number of primary amides is 1. The molecule has 1 heterocycles. The van der Waals surface area contributed by atoms with Crippen LogP contribution < -0.4 is 11.1 Å². The highest BCUT2D eigenvalue weighted by Crippen LogP contribution is 1.96. The minimum absolute atomic E-state index is 0.247. The van der Waals surface area contributed by atoms with Gasteiger partial charge in [0.1, 0.15) is 0 Å². The summed E-state index contributed by atoms with van der Waals surface area (Å²) in [6.07, 6.45) is 0. The molecular formula is C6H11N3O2. The molecule has 0 bridgehead atoms. The standard InChI is InChI=1S/C6H11N3O2/c1-9-3-2-8-4(5(7)10)6(9)11/h4,8H,2-3H2,1H3,(H2,7,10). The third-order valence-electron chi connectivity index (χ3n) is 1.70. The maximum Gasteiger partial charge on any atom is 0.249 e. The number of hydrogen-bond acceptors (Lipinski definition) is 3. The number of hydrogen-bond donors (Lipinski definition) is 2. The number of amides is 2. The summed E-state index contributed by atoms with van der Waals surface area (Å²) >= 11 is 0. The first-order valence-electron chi connectivity index (χ1n) is 3.40. The van der Waals surface area contributed by atoms with E-state index in [1.807, 2.05) is 0 Å². The van der Waals surface area contributed by atoms with E-state index in [1.165, 1.54) is 4.90 Å². The van der Waals surface area contributed by atoms with E-state index in [4.69, 9.17) is 5.73 Å². The summed E-state index contributed by atoms with van der Waals surface area (Å²) in [4.78, 5) is 23.2. The highest BCUT2D eigenvalue weighted by atomic mass is 16.2. The predicted octanol–water partition coefficient (Wildman–Crippen LogP) is -2.10. The van der Waals surface area contributed by atoms with Crippen molar-refractivity contribution in [2.45, 2.75) is 6.04 Å². The maximum atomic E-state index is 11.1. The van der Waals surface area contributed by atoms with E-state index in [2.05, 4.69) is 5.32 Å². The van der Waals surface area contributed by atoms with Gasteiger partial charge in [0.05, 0.1) is 0 Å². The van der Waals surface area contributed by atoms with Crippen molar-refractivity contribution >= 4 is 11.8 Å². The van der Waals surface area contributed by atoms with Crippen LogP contribution in [0.3, 0.4) is 0 Å². The van der Waals surface area contributed by atoms with Crippen LogP contribution in [0.2, 0.25) is 0 Å². The van der Waals surface area contributed by atoms with E-state index >= 15 is 0 Å². The molecule has 1 unspecified atom stereocenters. The first kappa shape index (κ1) is 8.00. The predicted molar refractivity (Wildman–Crippen MR) is 38.6 cm³/mol. The minimum Gasteiger partial charge on any atom is -0.368 e. The number of carbonyl (C=O) groups is 2. The van der Waals surface area contributed by atoms with Gasteiger partial charge in [-0.1, -0.05) is 0 Å². The zero-order chi connectivity index (χ0) is 8.43. The van der Waals surface area contributed by atoms with E-state index in [0.717, 1.165) is 0 Å². The summed E-state index contributed by atoms with van der Waals surface area (Å²) in [5.41, 5.74) is 4.97. The van der Waals surface area contributed by atoms with E-state index in [0.29, 0.717) is 13.1 Å². The van der Waals surface area contributed by atoms with Gasteiger partial charge in [-0.3, -0.25) is 14.9 Å². The molecule has 1 saturated heterocycles. The van der Waals surface area contributed by atoms with Crippen LogP contribution in [0.1, 0.15) is 0 Å². The Labute approximate surface area is 64.5 Å². The largest absolute Gasteiger partial charge is 0.368 e. The van der Waals surface area contributed by atoms with E-state index < -0.39 is 11.9 Å². The molecule has 1 fully saturated rings. The number of carbonyl (C=O) groups excluding carboxylic acids is 2. The Bertz CT molecular complexity index is 192. The second kappa shape index (κ2) is 2.87. The molecule has 0 radical (unpaired) electrons. The number of nitrogens with one attached hydrogen (secondary N) is 1. The third kappa shape index (κ3) is 1.48. The van der Waals surface area contributed by atoms with Crippen LogP contribution in [0.15, 0.2) is 0 Å². The fraction of sp³-hybridized carbons (Fsp3) is 0.667. The van der Waals surface area contributed by atoms with Crippen LogP contribution in [0.5, 0.6) is 0 Å². The number of nitrogens with two attached hydrogens (primary N) is 1. The summed E-state index contributed by atoms with van der Waals surface area (Å²) in [6.45, 7) is 1.25. The van der Waals surface area contributed by atoms with Gasteiger partial charge < -0.3 is 10.6 Å². The van der Waals surface area contributed by atoms with Gasteiger partial charge in [-0.05, 0) is 0 Å². The highest BCUT2D eigenvalue weighted by Gasteiger charge is 2.29. The van der Waals surface area contributed by atoms with Crippen LogP contribution in [-0.2, 0) is 9.59 Å². The van der Waals surface area contributed by atoms with Crippen molar-refractivity contribution in [3.8, 4) is 0 Å². The van der Waals surface area contributed by atoms with Gasteiger partial charge in [0, 0.05) is 20.1 Å². The number of piperazine rings is 1. The van der Waals surface area contributed by atoms with Crippen molar-refractivity contribution in [1.82, 2.24) is 10.2 Å². The highest BCUT2D eigenvalue weighted by molar-refractivity contribution is 6.04. The quantitative estimate of drug-likeness (QED) is 0.428. The first-order valence-corrected chi connectivity index (χ1v) is 3.40. The molecule has 1 atom stereocenters. The molecule has 3 N–H and O–H groups in total. The van der Waals surface area contributed by atoms with E-state index in [-0.39, 0.29) is 5.91 Å². The number of nitrogens with zero attached hydrogens (tertiary/aromatic N) is 1. The normalized spacial score (nSPS) is 25.4. The molecule has 5 nitrogen and oxygen atoms in total. The molecule has 0 aliphatic carbocycles. The molecule has 5 heteroatoms. The van der Waals surface area contributed by atoms with Crippen LogP contribution in [0.4, 0.5) is 0 Å². The lowest BCUT2D eigenvalue weighted by atomic mass is 10.2. The molecule has 11 heavy (non-hydrogen) atoms. The van der Waals surface area contributed by atoms with Crippen LogP contribution in [0.25, 0.3) is 0 Å². The van der Waals surface area contributed by atoms with Crippen molar-refractivity contribution in [2.75, 3.05) is 20.1 Å². The van der Waals surface area contributed by atoms with Gasteiger partial charge in [-0.2, -0.15) is 0 Å². The number of rotatable bonds is 1. The fourth-order valence-corrected chi connectivity index (χ4v) is 1.02. The topological polar surface area (TPSA) is 75.4 Å². The smallest absolute Gasteiger partial charge is 0.249 e. The van der Waals surface area contributed by atoms with Crippen LogP contribution >= 0.6 is 0 Å². The summed E-state index contributed by atoms with van der Waals surface area (Å²) in [7, 11) is 1.65. The SMILES string of the molecule is CN1CCNC(C(N)=O)C1=O. The molecule has 2 amide bonds. The van der Waals surface area contributed by atoms with Crippen LogP contribution in [-0.4, -0.2) is 42.9 Å². The minimum atomic E-state index is -0.825. The van der Waals surface area contributed by atoms with E-state index in [9.17, 15) is 9.59 Å². The maximum absolute atomic E-state index is 11.1. The lowest BCUT2D eigenvalue weighted by molar-refractivity contribution is -0.139. The van der Waals surface area contributed by atoms with Gasteiger partial charge in [-0.15, -0.1) is 0 Å². The monoisotopic (exact) mass is 157 g/mol. The average molecular weight is 157 g/mol. The van der Waals surface area contributed by atoms with Gasteiger partial charge in [0.25, 0.3) is 0 Å². The summed E-state index contributed by atoms with van der Waals surface area (Å²) in [6, 6.07) is -0.825. The van der Waals surface area contributed by atoms with Gasteiger partial charge in [0.15, 0.2) is 6.04 Å². The zero-order valence-electron chi connectivity index (χ0n) is 6.33. The first-order chi connectivity index (χ1) is 5.13. The van der Waals surface area contributed by atoms with Crippen molar-refractivity contribution < 1.29 is 9.59 Å². The Kier molecular flexibility index (Phi) is 2.09. The lowest BCUT2D eigenvalue weighted by Gasteiger charge is -2.28. The summed E-state index contributed by atoms with van der Waals surface area (Å²) in [5.74, 6) is -0.856. The molecule has 0 aromatic carbocycles. The Morgan fingerprint density at radius 1 is 1.82 bits per heavy atom. The van der Waals surface area contributed by atoms with Crippen molar-refractivity contribution in [2.24, 2.45) is 5.73 Å². The second-order valence-corrected chi connectivity index (χ2v) is 2.55. The number of likely N-dealkylation sites (N-methyl/N-ethyl adjacent to an activating group) is 1. The molecular weight excluding hydrogens is 146 g/mol. The third-order valence-corrected chi connectivity index (χ3v) is 1.70. The Morgan fingerprint density at radius 2 is 2.45 bits per heavy atom. The molecule has 0 spiro atoms. The van der Waals surface area contributed by atoms with Crippen molar-refractivity contribution in [3.05, 3.63) is 0 Å². The summed E-state index contributed by atoms with van der Waals surface area (Å²) in [5, 5.41) is 2.73. The van der Waals surface area contributed by atoms with Gasteiger partial charge in [-0.25, -0.2) is 0 Å². The lowest BCUT2D eigenvalue weighted by Crippen LogP contribution is -2.58. The fourth-order valence-electron chi connectivity index (χ4n) is 1.02. The molecule has 0 saturated carbocycles. The Hall–Kier alpha value is -1.10. The molecule has 62 valence electrons. The van der Waals surface area contributed by atoms with Crippen molar-refractivity contribution in [1.29, 1.82) is 0 Å². The van der Waals surface area contributed by atoms with Gasteiger partial charge in [0.2, 0.25) is 11.8 Å². The van der Waals surface area contributed by atoms with Crippen LogP contribution in [0, 0.1) is 0 Å². The molecule has 1 aliphatic rings. The van der Waals surface area contributed by atoms with Crippen molar-refractivity contribution in [3.63, 3.8) is 0 Å². The molecule has 0 aromatic rings.